The molecule has 0 aliphatic heterocycles. The van der Waals surface area contributed by atoms with Gasteiger partial charge >= 0.3 is 0 Å². The summed E-state index contributed by atoms with van der Waals surface area (Å²) in [7, 11) is 0. The molecule has 1 aromatic rings. The Morgan fingerprint density at radius 3 is 2.43 bits per heavy atom. The molecule has 0 saturated heterocycles. The van der Waals surface area contributed by atoms with Crippen LogP contribution in [0.1, 0.15) is 6.92 Å². The van der Waals surface area contributed by atoms with Gasteiger partial charge in [-0.05, 0) is 37.4 Å². The van der Waals surface area contributed by atoms with E-state index in [9.17, 15) is 4.79 Å². The third kappa shape index (κ3) is 3.05. The van der Waals surface area contributed by atoms with Crippen LogP contribution in [0.3, 0.4) is 0 Å². The van der Waals surface area contributed by atoms with Crippen LogP contribution < -0.4 is 11.1 Å². The lowest BCUT2D eigenvalue weighted by Crippen LogP contribution is -2.32. The van der Waals surface area contributed by atoms with Gasteiger partial charge in [-0.25, -0.2) is 0 Å². The number of amides is 1. The van der Waals surface area contributed by atoms with Gasteiger partial charge in [0, 0.05) is 10.6 Å². The normalized spacial score (nSPS) is 12.2. The van der Waals surface area contributed by atoms with E-state index < -0.39 is 6.04 Å². The Balaban J connectivity index is 2.64. The van der Waals surface area contributed by atoms with E-state index in [1.54, 1.807) is 18.7 Å². The second-order valence-corrected chi connectivity index (χ2v) is 3.89. The second kappa shape index (κ2) is 5.02. The van der Waals surface area contributed by atoms with E-state index in [0.29, 0.717) is 0 Å². The summed E-state index contributed by atoms with van der Waals surface area (Å²) < 4.78 is 0. The predicted molar refractivity (Wildman–Crippen MR) is 60.5 cm³/mol. The minimum atomic E-state index is -0.477. The maximum absolute atomic E-state index is 11.2. The molecular weight excluding hydrogens is 196 g/mol. The molecule has 0 aliphatic rings. The van der Waals surface area contributed by atoms with E-state index in [1.807, 2.05) is 30.5 Å². The number of rotatable bonds is 3. The quantitative estimate of drug-likeness (QED) is 0.746. The molecule has 3 nitrogen and oxygen atoms in total. The molecule has 0 saturated carbocycles. The standard InChI is InChI=1S/C10H14N2OS/c1-7(11)10(13)12-8-3-5-9(14-2)6-4-8/h3-7H,11H2,1-2H3,(H,12,13). The number of nitrogens with two attached hydrogens (primary N) is 1. The number of carbonyl (C=O) groups excluding carboxylic acids is 1. The fraction of sp³-hybridized carbons (Fsp3) is 0.300. The van der Waals surface area contributed by atoms with Crippen molar-refractivity contribution in [2.75, 3.05) is 11.6 Å². The SMILES string of the molecule is CSc1ccc(NC(=O)C(C)N)cc1. The highest BCUT2D eigenvalue weighted by Crippen LogP contribution is 2.17. The maximum atomic E-state index is 11.2. The zero-order valence-corrected chi connectivity index (χ0v) is 9.10. The van der Waals surface area contributed by atoms with Crippen molar-refractivity contribution < 1.29 is 4.79 Å². The average molecular weight is 210 g/mol. The van der Waals surface area contributed by atoms with E-state index in [0.717, 1.165) is 5.69 Å². The molecule has 14 heavy (non-hydrogen) atoms. The average Bonchev–Trinajstić information content (AvgIpc) is 2.19. The molecule has 1 amide bonds. The maximum Gasteiger partial charge on any atom is 0.240 e. The number of carbonyl (C=O) groups is 1. The molecule has 0 bridgehead atoms. The van der Waals surface area contributed by atoms with Crippen molar-refractivity contribution in [1.82, 2.24) is 0 Å². The van der Waals surface area contributed by atoms with Gasteiger partial charge in [-0.1, -0.05) is 0 Å². The van der Waals surface area contributed by atoms with Gasteiger partial charge in [-0.15, -0.1) is 11.8 Å². The van der Waals surface area contributed by atoms with Crippen LogP contribution in [-0.2, 0) is 4.79 Å². The van der Waals surface area contributed by atoms with E-state index in [4.69, 9.17) is 5.73 Å². The van der Waals surface area contributed by atoms with E-state index in [1.165, 1.54) is 4.90 Å². The van der Waals surface area contributed by atoms with Gasteiger partial charge in [0.1, 0.15) is 0 Å². The summed E-state index contributed by atoms with van der Waals surface area (Å²) in [5, 5.41) is 2.72. The highest BCUT2D eigenvalue weighted by Gasteiger charge is 2.06. The lowest BCUT2D eigenvalue weighted by Gasteiger charge is -2.07. The van der Waals surface area contributed by atoms with Gasteiger partial charge in [0.2, 0.25) is 5.91 Å². The van der Waals surface area contributed by atoms with Gasteiger partial charge in [0.15, 0.2) is 0 Å². The van der Waals surface area contributed by atoms with E-state index in [2.05, 4.69) is 5.32 Å². The molecule has 1 unspecified atom stereocenters. The Labute approximate surface area is 88.1 Å². The molecule has 1 atom stereocenters. The van der Waals surface area contributed by atoms with Crippen LogP contribution in [0.4, 0.5) is 5.69 Å². The van der Waals surface area contributed by atoms with Crippen LogP contribution >= 0.6 is 11.8 Å². The van der Waals surface area contributed by atoms with Crippen molar-refractivity contribution in [2.45, 2.75) is 17.9 Å². The monoisotopic (exact) mass is 210 g/mol. The number of hydrogen-bond acceptors (Lipinski definition) is 3. The van der Waals surface area contributed by atoms with Crippen LogP contribution in [0.2, 0.25) is 0 Å². The Bertz CT molecular complexity index is 308. The van der Waals surface area contributed by atoms with Crippen molar-refractivity contribution in [1.29, 1.82) is 0 Å². The first-order valence-electron chi connectivity index (χ1n) is 4.34. The molecule has 0 aromatic heterocycles. The third-order valence-electron chi connectivity index (χ3n) is 1.77. The Kier molecular flexibility index (Phi) is 3.98. The number of nitrogens with one attached hydrogen (secondary N) is 1. The summed E-state index contributed by atoms with van der Waals surface area (Å²) >= 11 is 1.67. The first kappa shape index (κ1) is 11.1. The minimum absolute atomic E-state index is 0.165. The van der Waals surface area contributed by atoms with E-state index in [-0.39, 0.29) is 5.91 Å². The molecule has 76 valence electrons. The van der Waals surface area contributed by atoms with Crippen molar-refractivity contribution in [3.63, 3.8) is 0 Å². The Morgan fingerprint density at radius 2 is 2.00 bits per heavy atom. The third-order valence-corrected chi connectivity index (χ3v) is 2.51. The molecule has 3 N–H and O–H groups in total. The van der Waals surface area contributed by atoms with Crippen LogP contribution in [0.5, 0.6) is 0 Å². The fourth-order valence-electron chi connectivity index (χ4n) is 0.930. The van der Waals surface area contributed by atoms with Crippen molar-refractivity contribution in [3.8, 4) is 0 Å². The molecule has 4 heteroatoms. The molecule has 0 fully saturated rings. The predicted octanol–water partition coefficient (Wildman–Crippen LogP) is 1.69. The largest absolute Gasteiger partial charge is 0.325 e. The van der Waals surface area contributed by atoms with Gasteiger partial charge in [-0.2, -0.15) is 0 Å². The summed E-state index contributed by atoms with van der Waals surface area (Å²) in [6.45, 7) is 1.66. The van der Waals surface area contributed by atoms with Crippen LogP contribution in [0.15, 0.2) is 29.2 Å². The molecule has 0 radical (unpaired) electrons. The smallest absolute Gasteiger partial charge is 0.240 e. The molecule has 0 aliphatic carbocycles. The number of benzene rings is 1. The topological polar surface area (TPSA) is 55.1 Å². The minimum Gasteiger partial charge on any atom is -0.325 e. The lowest BCUT2D eigenvalue weighted by atomic mass is 10.3. The summed E-state index contributed by atoms with van der Waals surface area (Å²) in [5.74, 6) is -0.165. The zero-order chi connectivity index (χ0) is 10.6. The summed E-state index contributed by atoms with van der Waals surface area (Å²) in [4.78, 5) is 12.4. The number of thioether (sulfide) groups is 1. The molecular formula is C10H14N2OS. The lowest BCUT2D eigenvalue weighted by molar-refractivity contribution is -0.117. The molecule has 1 rings (SSSR count). The number of anilines is 1. The van der Waals surface area contributed by atoms with Crippen LogP contribution in [0, 0.1) is 0 Å². The fourth-order valence-corrected chi connectivity index (χ4v) is 1.34. The highest BCUT2D eigenvalue weighted by molar-refractivity contribution is 7.98. The van der Waals surface area contributed by atoms with Crippen LogP contribution in [-0.4, -0.2) is 18.2 Å². The summed E-state index contributed by atoms with van der Waals surface area (Å²) in [5.41, 5.74) is 6.21. The van der Waals surface area contributed by atoms with Gasteiger partial charge in [0.25, 0.3) is 0 Å². The summed E-state index contributed by atoms with van der Waals surface area (Å²) in [6.07, 6.45) is 2.01. The summed E-state index contributed by atoms with van der Waals surface area (Å²) in [6, 6.07) is 7.18. The zero-order valence-electron chi connectivity index (χ0n) is 8.28. The molecule has 0 heterocycles. The number of hydrogen-bond donors (Lipinski definition) is 2. The molecule has 0 spiro atoms. The van der Waals surface area contributed by atoms with Crippen molar-refractivity contribution >= 4 is 23.4 Å². The van der Waals surface area contributed by atoms with Gasteiger partial charge in [0.05, 0.1) is 6.04 Å². The Hall–Kier alpha value is -1.00. The van der Waals surface area contributed by atoms with Gasteiger partial charge in [-0.3, -0.25) is 4.79 Å². The second-order valence-electron chi connectivity index (χ2n) is 3.01. The first-order chi connectivity index (χ1) is 6.63. The Morgan fingerprint density at radius 1 is 1.43 bits per heavy atom. The van der Waals surface area contributed by atoms with Crippen molar-refractivity contribution in [2.24, 2.45) is 5.73 Å². The highest BCUT2D eigenvalue weighted by atomic mass is 32.2. The van der Waals surface area contributed by atoms with Crippen LogP contribution in [0.25, 0.3) is 0 Å². The first-order valence-corrected chi connectivity index (χ1v) is 5.56. The van der Waals surface area contributed by atoms with E-state index >= 15 is 0 Å². The van der Waals surface area contributed by atoms with Crippen molar-refractivity contribution in [3.05, 3.63) is 24.3 Å². The van der Waals surface area contributed by atoms with Gasteiger partial charge < -0.3 is 11.1 Å². The molecule has 1 aromatic carbocycles.